The molecule has 7 nitrogen and oxygen atoms in total. The molecule has 1 aliphatic rings. The summed E-state index contributed by atoms with van der Waals surface area (Å²) in [6.45, 7) is 18.1. The number of morpholine rings is 1. The molecule has 0 spiro atoms. The summed E-state index contributed by atoms with van der Waals surface area (Å²) in [5.41, 5.74) is 4.86. The van der Waals surface area contributed by atoms with E-state index in [2.05, 4.69) is 34.0 Å². The monoisotopic (exact) mass is 673 g/mol. The number of hydrogen-bond donors (Lipinski definition) is 1. The molecule has 0 radical (unpaired) electrons. The number of anilines is 3. The molecule has 0 saturated carbocycles. The molecule has 10 heteroatoms. The Balaban J connectivity index is 0.00000103. The van der Waals surface area contributed by atoms with Gasteiger partial charge in [0.15, 0.2) is 11.6 Å². The molecule has 0 aliphatic carbocycles. The maximum atomic E-state index is 15.6. The molecule has 0 unspecified atom stereocenters. The van der Waals surface area contributed by atoms with Crippen LogP contribution >= 0.6 is 0 Å². The summed E-state index contributed by atoms with van der Waals surface area (Å²) in [4.78, 5) is 15.9. The van der Waals surface area contributed by atoms with Crippen LogP contribution in [-0.4, -0.2) is 47.4 Å². The quantitative estimate of drug-likeness (QED) is 0.184. The number of pyridine rings is 3. The van der Waals surface area contributed by atoms with Crippen LogP contribution in [0.25, 0.3) is 33.4 Å². The predicted molar refractivity (Wildman–Crippen MR) is 193 cm³/mol. The van der Waals surface area contributed by atoms with Crippen molar-refractivity contribution >= 4 is 28.1 Å². The Labute approximate surface area is 287 Å². The maximum absolute atomic E-state index is 15.6. The van der Waals surface area contributed by atoms with Crippen LogP contribution in [0.1, 0.15) is 59.1 Å². The van der Waals surface area contributed by atoms with E-state index < -0.39 is 17.5 Å². The summed E-state index contributed by atoms with van der Waals surface area (Å²) in [6, 6.07) is 12.4. The molecular weight excluding hydrogens is 627 g/mol. The minimum Gasteiger partial charge on any atom is -0.488 e. The van der Waals surface area contributed by atoms with Gasteiger partial charge in [0.05, 0.1) is 53.0 Å². The number of nitrogens with one attached hydrogen (secondary N) is 1. The molecule has 260 valence electrons. The number of halogens is 3. The second-order valence-corrected chi connectivity index (χ2v) is 11.8. The van der Waals surface area contributed by atoms with Gasteiger partial charge in [0.1, 0.15) is 17.5 Å². The van der Waals surface area contributed by atoms with Crippen LogP contribution in [0.2, 0.25) is 0 Å². The molecule has 4 heterocycles. The van der Waals surface area contributed by atoms with Gasteiger partial charge >= 0.3 is 0 Å². The van der Waals surface area contributed by atoms with E-state index in [1.54, 1.807) is 24.5 Å². The van der Waals surface area contributed by atoms with Crippen molar-refractivity contribution in [2.75, 3.05) is 36.5 Å². The normalized spacial score (nSPS) is 12.6. The van der Waals surface area contributed by atoms with Crippen molar-refractivity contribution in [1.82, 2.24) is 15.0 Å². The topological polar surface area (TPSA) is 72.4 Å². The smallest absolute Gasteiger partial charge is 0.165 e. The van der Waals surface area contributed by atoms with Crippen LogP contribution in [-0.2, 0) is 4.74 Å². The van der Waals surface area contributed by atoms with Gasteiger partial charge in [-0.05, 0) is 63.1 Å². The second-order valence-electron chi connectivity index (χ2n) is 11.8. The van der Waals surface area contributed by atoms with Gasteiger partial charge in [0.2, 0.25) is 0 Å². The molecule has 2 aromatic carbocycles. The molecule has 3 aromatic heterocycles. The van der Waals surface area contributed by atoms with Crippen molar-refractivity contribution in [2.24, 2.45) is 0 Å². The molecule has 0 amide bonds. The van der Waals surface area contributed by atoms with Crippen molar-refractivity contribution in [3.63, 3.8) is 0 Å². The van der Waals surface area contributed by atoms with E-state index in [1.807, 2.05) is 59.7 Å². The van der Waals surface area contributed by atoms with Crippen LogP contribution in [0.5, 0.6) is 5.75 Å². The number of fused-ring (bicyclic) bond motifs is 1. The highest BCUT2D eigenvalue weighted by Crippen LogP contribution is 2.40. The summed E-state index contributed by atoms with van der Waals surface area (Å²) in [5, 5.41) is 3.56. The Morgan fingerprint density at radius 3 is 2.29 bits per heavy atom. The van der Waals surface area contributed by atoms with E-state index in [9.17, 15) is 4.39 Å². The first-order valence-electron chi connectivity index (χ1n) is 16.9. The maximum Gasteiger partial charge on any atom is 0.165 e. The van der Waals surface area contributed by atoms with Crippen LogP contribution in [0.3, 0.4) is 0 Å². The van der Waals surface area contributed by atoms with Gasteiger partial charge in [0.25, 0.3) is 0 Å². The Morgan fingerprint density at radius 2 is 1.63 bits per heavy atom. The Hall–Kier alpha value is -4.70. The third-order valence-corrected chi connectivity index (χ3v) is 7.49. The van der Waals surface area contributed by atoms with Gasteiger partial charge in [-0.25, -0.2) is 23.1 Å². The molecule has 1 N–H and O–H groups in total. The predicted octanol–water partition coefficient (Wildman–Crippen LogP) is 10.2. The summed E-state index contributed by atoms with van der Waals surface area (Å²) < 4.78 is 56.3. The zero-order valence-corrected chi connectivity index (χ0v) is 29.6. The first-order chi connectivity index (χ1) is 23.6. The molecule has 0 bridgehead atoms. The third-order valence-electron chi connectivity index (χ3n) is 7.49. The molecular formula is C39H46F3N5O2. The lowest BCUT2D eigenvalue weighted by Crippen LogP contribution is -2.36. The molecule has 6 rings (SSSR count). The average molecular weight is 674 g/mol. The zero-order chi connectivity index (χ0) is 35.7. The van der Waals surface area contributed by atoms with Gasteiger partial charge in [-0.2, -0.15) is 0 Å². The standard InChI is InChI=1S/C34H32F3N5O2.C3H8.C2H6/c1-19(2)44-30-6-5-22(14-25(30)36)24-18-39-31(42-9-11-43-12-10-42)17-27(24)40-34-21(4)33(29-13-20(3)7-8-38-29)41-28-16-23(35)15-26(37)32(28)34;1-3-2;1-2/h5-8,13-19H,9-12H2,1-4H3,(H,39,40,41);3H2,1-2H3;1-2H3. The summed E-state index contributed by atoms with van der Waals surface area (Å²) >= 11 is 0. The van der Waals surface area contributed by atoms with E-state index in [-0.39, 0.29) is 22.8 Å². The molecule has 1 saturated heterocycles. The lowest BCUT2D eigenvalue weighted by atomic mass is 10.0. The van der Waals surface area contributed by atoms with E-state index >= 15 is 8.78 Å². The minimum absolute atomic E-state index is 0.128. The molecule has 1 aliphatic heterocycles. The Morgan fingerprint density at radius 1 is 0.918 bits per heavy atom. The van der Waals surface area contributed by atoms with Crippen molar-refractivity contribution in [3.05, 3.63) is 89.5 Å². The number of benzene rings is 2. The molecule has 5 aromatic rings. The van der Waals surface area contributed by atoms with Gasteiger partial charge in [0, 0.05) is 54.8 Å². The summed E-state index contributed by atoms with van der Waals surface area (Å²) in [5.74, 6) is -1.18. The number of hydrogen-bond acceptors (Lipinski definition) is 7. The lowest BCUT2D eigenvalue weighted by Gasteiger charge is -2.28. The zero-order valence-electron chi connectivity index (χ0n) is 29.6. The number of rotatable bonds is 7. The first-order valence-corrected chi connectivity index (χ1v) is 16.9. The Kier molecular flexibility index (Phi) is 13.0. The number of aryl methyl sites for hydroxylation is 1. The SMILES string of the molecule is CC.CCC.Cc1ccnc(-c2nc3cc(F)cc(F)c3c(Nc3cc(N4CCOCC4)ncc3-c3ccc(OC(C)C)c(F)c3)c2C)c1. The summed E-state index contributed by atoms with van der Waals surface area (Å²) in [7, 11) is 0. The second kappa shape index (κ2) is 17.1. The summed E-state index contributed by atoms with van der Waals surface area (Å²) in [6.07, 6.45) is 4.40. The molecule has 0 atom stereocenters. The number of ether oxygens (including phenoxy) is 2. The first kappa shape index (κ1) is 37.1. The van der Waals surface area contributed by atoms with Crippen LogP contribution in [0.15, 0.2) is 60.9 Å². The van der Waals surface area contributed by atoms with E-state index in [0.717, 1.165) is 11.6 Å². The van der Waals surface area contributed by atoms with Gasteiger partial charge in [-0.3, -0.25) is 4.98 Å². The highest BCUT2D eigenvalue weighted by molar-refractivity contribution is 5.99. The van der Waals surface area contributed by atoms with Crippen LogP contribution in [0, 0.1) is 31.3 Å². The molecule has 1 fully saturated rings. The van der Waals surface area contributed by atoms with E-state index in [4.69, 9.17) is 14.5 Å². The van der Waals surface area contributed by atoms with Gasteiger partial charge in [-0.1, -0.05) is 40.2 Å². The average Bonchev–Trinajstić information content (AvgIpc) is 3.08. The van der Waals surface area contributed by atoms with Crippen molar-refractivity contribution in [1.29, 1.82) is 0 Å². The van der Waals surface area contributed by atoms with Crippen LogP contribution in [0.4, 0.5) is 30.4 Å². The lowest BCUT2D eigenvalue weighted by molar-refractivity contribution is 0.122. The van der Waals surface area contributed by atoms with Crippen molar-refractivity contribution in [2.45, 2.75) is 67.9 Å². The largest absolute Gasteiger partial charge is 0.488 e. The minimum atomic E-state index is -0.757. The van der Waals surface area contributed by atoms with Crippen molar-refractivity contribution in [3.8, 4) is 28.3 Å². The highest BCUT2D eigenvalue weighted by Gasteiger charge is 2.22. The van der Waals surface area contributed by atoms with Gasteiger partial charge in [-0.15, -0.1) is 0 Å². The number of aromatic nitrogens is 3. The molecule has 49 heavy (non-hydrogen) atoms. The van der Waals surface area contributed by atoms with Gasteiger partial charge < -0.3 is 19.7 Å². The van der Waals surface area contributed by atoms with Crippen molar-refractivity contribution < 1.29 is 22.6 Å². The van der Waals surface area contributed by atoms with Crippen LogP contribution < -0.4 is 15.0 Å². The van der Waals surface area contributed by atoms with E-state index in [1.165, 1.54) is 18.6 Å². The Bertz CT molecular complexity index is 1880. The third kappa shape index (κ3) is 8.86. The van der Waals surface area contributed by atoms with E-state index in [0.29, 0.717) is 71.6 Å². The fraction of sp³-hybridized carbons (Fsp3) is 0.359. The fourth-order valence-corrected chi connectivity index (χ4v) is 5.37. The highest BCUT2D eigenvalue weighted by atomic mass is 19.1. The fourth-order valence-electron chi connectivity index (χ4n) is 5.37. The number of nitrogens with zero attached hydrogens (tertiary/aromatic N) is 4.